The van der Waals surface area contributed by atoms with E-state index in [9.17, 15) is 4.48 Å². The van der Waals surface area contributed by atoms with Gasteiger partial charge in [0.15, 0.2) is 0 Å². The molecule has 17 heavy (non-hydrogen) atoms. The lowest BCUT2D eigenvalue weighted by Crippen LogP contribution is -2.03. The summed E-state index contributed by atoms with van der Waals surface area (Å²) in [5.74, 6) is 0. The number of rotatable bonds is 0. The van der Waals surface area contributed by atoms with Gasteiger partial charge in [0.25, 0.3) is 0 Å². The summed E-state index contributed by atoms with van der Waals surface area (Å²) >= 11 is 0. The molecule has 0 bridgehead atoms. The summed E-state index contributed by atoms with van der Waals surface area (Å²) in [6.07, 6.45) is 0. The van der Waals surface area contributed by atoms with E-state index >= 15 is 0 Å². The van der Waals surface area contributed by atoms with E-state index in [1.54, 1.807) is 13.1 Å². The minimum absolute atomic E-state index is 0.506. The van der Waals surface area contributed by atoms with Crippen molar-refractivity contribution in [3.05, 3.63) is 48.5 Å². The Kier molecular flexibility index (Phi) is 2.14. The average Bonchev–Trinajstić information content (AvgIpc) is 2.48. The van der Waals surface area contributed by atoms with Gasteiger partial charge in [0.2, 0.25) is 0 Å². The van der Waals surface area contributed by atoms with Crippen molar-refractivity contribution < 1.29 is 4.48 Å². The van der Waals surface area contributed by atoms with Gasteiger partial charge in [-0.15, -0.1) is 4.90 Å². The van der Waals surface area contributed by atoms with E-state index in [1.165, 1.54) is 4.68 Å². The van der Waals surface area contributed by atoms with Crippen LogP contribution in [0.1, 0.15) is 0 Å². The third kappa shape index (κ3) is 1.49. The summed E-state index contributed by atoms with van der Waals surface area (Å²) < 4.78 is 15.7. The Bertz CT molecular complexity index is 670. The summed E-state index contributed by atoms with van der Waals surface area (Å²) in [6.45, 7) is 0. The number of hydrogen-bond donors (Lipinski definition) is 1. The molecule has 1 N–H and O–H groups in total. The van der Waals surface area contributed by atoms with Gasteiger partial charge < -0.3 is 4.98 Å². The predicted octanol–water partition coefficient (Wildman–Crippen LogP) is 3.32. The Morgan fingerprint density at radius 2 is 1.41 bits per heavy atom. The highest BCUT2D eigenvalue weighted by molar-refractivity contribution is 5.81. The van der Waals surface area contributed by atoms with Gasteiger partial charge in [0.05, 0.1) is 16.6 Å². The fourth-order valence-electron chi connectivity index (χ4n) is 2.00. The summed E-state index contributed by atoms with van der Waals surface area (Å²) in [5.41, 5.74) is 2.95. The summed E-state index contributed by atoms with van der Waals surface area (Å²) in [6, 6.07) is 14.9. The van der Waals surface area contributed by atoms with Crippen molar-refractivity contribution >= 4 is 22.1 Å². The van der Waals surface area contributed by atoms with E-state index in [0.717, 1.165) is 16.6 Å². The number of nitrogens with one attached hydrogen (secondary N) is 1. The van der Waals surface area contributed by atoms with Gasteiger partial charge in [-0.3, -0.25) is 4.68 Å². The van der Waals surface area contributed by atoms with Crippen molar-refractivity contribution in [1.29, 1.82) is 0 Å². The molecule has 0 aliphatic heterocycles. The van der Waals surface area contributed by atoms with Crippen LogP contribution in [0.2, 0.25) is 0 Å². The van der Waals surface area contributed by atoms with Gasteiger partial charge in [0, 0.05) is 7.05 Å². The maximum absolute atomic E-state index is 14.2. The second-order valence-electron chi connectivity index (χ2n) is 3.94. The number of hydrogen-bond acceptors (Lipinski definition) is 0. The zero-order chi connectivity index (χ0) is 11.8. The molecule has 0 atom stereocenters. The van der Waals surface area contributed by atoms with Crippen molar-refractivity contribution in [1.82, 2.24) is 14.6 Å². The molecule has 2 aromatic carbocycles. The SMILES string of the molecule is Cn1c2ccccc2[nH]c2ccccc2n1F. The van der Waals surface area contributed by atoms with Crippen molar-refractivity contribution in [2.75, 3.05) is 0 Å². The first-order valence-electron chi connectivity index (χ1n) is 5.42. The van der Waals surface area contributed by atoms with Crippen LogP contribution < -0.4 is 0 Å². The smallest absolute Gasteiger partial charge is 0.117 e. The summed E-state index contributed by atoms with van der Waals surface area (Å²) in [5, 5.41) is 0. The number of para-hydroxylation sites is 4. The molecular formula is C13H12FN3. The van der Waals surface area contributed by atoms with Crippen LogP contribution in [0, 0.1) is 0 Å². The molecule has 0 saturated heterocycles. The Balaban J connectivity index is 2.66. The molecule has 0 unspecified atom stereocenters. The lowest BCUT2D eigenvalue weighted by molar-refractivity contribution is 0.283. The van der Waals surface area contributed by atoms with Gasteiger partial charge in [0.1, 0.15) is 5.52 Å². The number of fused-ring (bicyclic) bond motifs is 2. The number of aromatic nitrogens is 3. The number of aryl methyl sites for hydroxylation is 1. The van der Waals surface area contributed by atoms with Crippen LogP contribution >= 0.6 is 0 Å². The largest absolute Gasteiger partial charge is 0.352 e. The molecule has 3 nitrogen and oxygen atoms in total. The second-order valence-corrected chi connectivity index (χ2v) is 3.94. The highest BCUT2D eigenvalue weighted by Gasteiger charge is 2.02. The predicted molar refractivity (Wildman–Crippen MR) is 66.9 cm³/mol. The van der Waals surface area contributed by atoms with E-state index in [1.807, 2.05) is 42.5 Å². The molecule has 0 aliphatic carbocycles. The third-order valence-electron chi connectivity index (χ3n) is 2.89. The van der Waals surface area contributed by atoms with E-state index < -0.39 is 0 Å². The van der Waals surface area contributed by atoms with Crippen LogP contribution in [-0.2, 0) is 7.05 Å². The molecule has 0 saturated carbocycles. The zero-order valence-electron chi connectivity index (χ0n) is 9.39. The molecule has 0 spiro atoms. The van der Waals surface area contributed by atoms with E-state index in [0.29, 0.717) is 10.4 Å². The highest BCUT2D eigenvalue weighted by atomic mass is 19.2. The van der Waals surface area contributed by atoms with Crippen LogP contribution in [0.3, 0.4) is 0 Å². The lowest BCUT2D eigenvalue weighted by Gasteiger charge is -2.03. The molecule has 0 aliphatic rings. The third-order valence-corrected chi connectivity index (χ3v) is 2.89. The Morgan fingerprint density at radius 3 is 2.12 bits per heavy atom. The molecule has 3 aromatic rings. The van der Waals surface area contributed by atoms with E-state index in [-0.39, 0.29) is 0 Å². The van der Waals surface area contributed by atoms with Gasteiger partial charge in [-0.1, -0.05) is 28.7 Å². The number of H-pyrrole nitrogens is 1. The van der Waals surface area contributed by atoms with Gasteiger partial charge in [-0.05, 0) is 24.3 Å². The minimum Gasteiger partial charge on any atom is -0.352 e. The summed E-state index contributed by atoms with van der Waals surface area (Å²) in [4.78, 5) is 3.89. The molecule has 1 aromatic heterocycles. The number of aromatic amines is 1. The minimum atomic E-state index is 0.506. The molecular weight excluding hydrogens is 217 g/mol. The molecule has 0 amide bonds. The van der Waals surface area contributed by atoms with E-state index in [2.05, 4.69) is 4.98 Å². The average molecular weight is 229 g/mol. The molecule has 4 heteroatoms. The van der Waals surface area contributed by atoms with Crippen LogP contribution in [-0.4, -0.2) is 14.6 Å². The topological polar surface area (TPSA) is 25.6 Å². The fourth-order valence-corrected chi connectivity index (χ4v) is 2.00. The standard InChI is InChI=1S/C13H12FN3/c1-16-12-8-4-2-6-10(12)15-11-7-3-5-9-13(11)17(16)14/h2-9,15H,1H3. The van der Waals surface area contributed by atoms with Crippen LogP contribution in [0.15, 0.2) is 48.5 Å². The Hall–Kier alpha value is -2.23. The lowest BCUT2D eigenvalue weighted by atomic mass is 10.3. The Morgan fingerprint density at radius 1 is 0.882 bits per heavy atom. The molecule has 86 valence electrons. The summed E-state index contributed by atoms with van der Waals surface area (Å²) in [7, 11) is 1.70. The maximum Gasteiger partial charge on any atom is 0.117 e. The van der Waals surface area contributed by atoms with Crippen molar-refractivity contribution in [2.24, 2.45) is 7.05 Å². The van der Waals surface area contributed by atoms with Crippen molar-refractivity contribution in [3.63, 3.8) is 0 Å². The number of halogens is 1. The zero-order valence-corrected chi connectivity index (χ0v) is 9.39. The molecule has 1 heterocycles. The second kappa shape index (κ2) is 3.66. The van der Waals surface area contributed by atoms with Gasteiger partial charge >= 0.3 is 0 Å². The Labute approximate surface area is 97.3 Å². The number of nitrogens with zero attached hydrogens (tertiary/aromatic N) is 2. The highest BCUT2D eigenvalue weighted by Crippen LogP contribution is 2.16. The number of benzene rings is 2. The van der Waals surface area contributed by atoms with E-state index in [4.69, 9.17) is 0 Å². The first-order valence-corrected chi connectivity index (χ1v) is 5.42. The van der Waals surface area contributed by atoms with Crippen LogP contribution in [0.4, 0.5) is 4.48 Å². The first-order chi connectivity index (χ1) is 8.27. The molecule has 0 fully saturated rings. The maximum atomic E-state index is 14.2. The van der Waals surface area contributed by atoms with Crippen LogP contribution in [0.25, 0.3) is 22.1 Å². The van der Waals surface area contributed by atoms with Crippen LogP contribution in [0.5, 0.6) is 0 Å². The first kappa shape index (κ1) is 9.96. The monoisotopic (exact) mass is 229 g/mol. The van der Waals surface area contributed by atoms with Gasteiger partial charge in [-0.2, -0.15) is 0 Å². The van der Waals surface area contributed by atoms with Crippen molar-refractivity contribution in [3.8, 4) is 0 Å². The fraction of sp³-hybridized carbons (Fsp3) is 0.0769. The quantitative estimate of drug-likeness (QED) is 0.612. The van der Waals surface area contributed by atoms with Crippen molar-refractivity contribution in [2.45, 2.75) is 0 Å². The molecule has 3 rings (SSSR count). The van der Waals surface area contributed by atoms with Gasteiger partial charge in [-0.25, -0.2) is 0 Å². The normalized spacial score (nSPS) is 10.9. The molecule has 0 radical (unpaired) electrons.